The number of hydrogen-bond donors (Lipinski definition) is 0. The fraction of sp³-hybridized carbons (Fsp3) is 0.500. The molecule has 1 aromatic rings. The highest BCUT2D eigenvalue weighted by atomic mass is 35.5. The van der Waals surface area contributed by atoms with Gasteiger partial charge in [-0.2, -0.15) is 4.31 Å². The normalized spacial score (nSPS) is 20.6. The van der Waals surface area contributed by atoms with E-state index in [9.17, 15) is 13.2 Å². The standard InChI is InChI=1S/C12H15ClN2O4S/c1-19-12(16)9-4-3-7-15(8-9)20(17,18)10-5-2-6-14-11(10)13/h2,5-6,9H,3-4,7-8H2,1H3. The summed E-state index contributed by atoms with van der Waals surface area (Å²) in [7, 11) is -2.44. The number of carbonyl (C=O) groups is 1. The van der Waals surface area contributed by atoms with Crippen molar-refractivity contribution in [3.8, 4) is 0 Å². The van der Waals surface area contributed by atoms with Crippen LogP contribution in [0.25, 0.3) is 0 Å². The van der Waals surface area contributed by atoms with Crippen LogP contribution in [0.2, 0.25) is 5.15 Å². The van der Waals surface area contributed by atoms with Crippen molar-refractivity contribution < 1.29 is 17.9 Å². The van der Waals surface area contributed by atoms with Crippen LogP contribution in [0.1, 0.15) is 12.8 Å². The first-order valence-corrected chi connectivity index (χ1v) is 7.97. The molecule has 20 heavy (non-hydrogen) atoms. The highest BCUT2D eigenvalue weighted by molar-refractivity contribution is 7.89. The summed E-state index contributed by atoms with van der Waals surface area (Å²) in [6.07, 6.45) is 2.66. The summed E-state index contributed by atoms with van der Waals surface area (Å²) in [6.45, 7) is 0.473. The van der Waals surface area contributed by atoms with Crippen LogP contribution >= 0.6 is 11.6 Å². The van der Waals surface area contributed by atoms with Crippen molar-refractivity contribution in [2.45, 2.75) is 17.7 Å². The van der Waals surface area contributed by atoms with E-state index >= 15 is 0 Å². The van der Waals surface area contributed by atoms with Gasteiger partial charge in [-0.1, -0.05) is 11.6 Å². The fourth-order valence-electron chi connectivity index (χ4n) is 2.22. The molecule has 1 aliphatic rings. The van der Waals surface area contributed by atoms with Crippen molar-refractivity contribution >= 4 is 27.6 Å². The van der Waals surface area contributed by atoms with E-state index in [0.717, 1.165) is 0 Å². The molecule has 1 saturated heterocycles. The van der Waals surface area contributed by atoms with E-state index in [1.54, 1.807) is 0 Å². The van der Waals surface area contributed by atoms with E-state index in [1.165, 1.54) is 29.7 Å². The topological polar surface area (TPSA) is 76.6 Å². The van der Waals surface area contributed by atoms with Crippen molar-refractivity contribution in [1.29, 1.82) is 0 Å². The minimum atomic E-state index is -3.74. The number of nitrogens with zero attached hydrogens (tertiary/aromatic N) is 2. The van der Waals surface area contributed by atoms with Gasteiger partial charge in [0.05, 0.1) is 13.0 Å². The first-order chi connectivity index (χ1) is 9.46. The molecule has 1 fully saturated rings. The number of sulfonamides is 1. The number of rotatable bonds is 3. The fourth-order valence-corrected chi connectivity index (χ4v) is 4.17. The maximum atomic E-state index is 12.5. The third kappa shape index (κ3) is 2.94. The molecule has 8 heteroatoms. The average Bonchev–Trinajstić information content (AvgIpc) is 2.47. The molecule has 1 unspecified atom stereocenters. The van der Waals surface area contributed by atoms with E-state index in [1.807, 2.05) is 0 Å². The summed E-state index contributed by atoms with van der Waals surface area (Å²) in [5.41, 5.74) is 0. The summed E-state index contributed by atoms with van der Waals surface area (Å²) in [6, 6.07) is 2.92. The number of pyridine rings is 1. The number of methoxy groups -OCH3 is 1. The minimum Gasteiger partial charge on any atom is -0.469 e. The zero-order valence-corrected chi connectivity index (χ0v) is 12.5. The monoisotopic (exact) mass is 318 g/mol. The van der Waals surface area contributed by atoms with Gasteiger partial charge >= 0.3 is 5.97 Å². The lowest BCUT2D eigenvalue weighted by atomic mass is 10.0. The Kier molecular flexibility index (Phi) is 4.62. The molecule has 6 nitrogen and oxygen atoms in total. The Bertz CT molecular complexity index is 605. The summed E-state index contributed by atoms with van der Waals surface area (Å²) < 4.78 is 31.0. The third-order valence-corrected chi connectivity index (χ3v) is 5.57. The predicted molar refractivity (Wildman–Crippen MR) is 72.7 cm³/mol. The largest absolute Gasteiger partial charge is 0.469 e. The van der Waals surface area contributed by atoms with Crippen LogP contribution in [0.5, 0.6) is 0 Å². The summed E-state index contributed by atoms with van der Waals surface area (Å²) in [4.78, 5) is 15.3. The highest BCUT2D eigenvalue weighted by Gasteiger charge is 2.34. The molecule has 0 bridgehead atoms. The number of carbonyl (C=O) groups excluding carboxylic acids is 1. The minimum absolute atomic E-state index is 0.0350. The molecule has 0 radical (unpaired) electrons. The van der Waals surface area contributed by atoms with Crippen LogP contribution < -0.4 is 0 Å². The molecule has 2 heterocycles. The van der Waals surface area contributed by atoms with E-state index in [-0.39, 0.29) is 22.6 Å². The Morgan fingerprint density at radius 3 is 2.95 bits per heavy atom. The van der Waals surface area contributed by atoms with Gasteiger partial charge in [0, 0.05) is 19.3 Å². The van der Waals surface area contributed by atoms with Crippen molar-refractivity contribution in [3.05, 3.63) is 23.5 Å². The zero-order chi connectivity index (χ0) is 14.8. The van der Waals surface area contributed by atoms with E-state index < -0.39 is 15.9 Å². The van der Waals surface area contributed by atoms with Crippen molar-refractivity contribution in [2.24, 2.45) is 5.92 Å². The number of piperidine rings is 1. The predicted octanol–water partition coefficient (Wildman–Crippen LogP) is 1.31. The maximum absolute atomic E-state index is 12.5. The molecule has 0 aromatic carbocycles. The van der Waals surface area contributed by atoms with Crippen LogP contribution in [0.4, 0.5) is 0 Å². The average molecular weight is 319 g/mol. The molecule has 1 aromatic heterocycles. The SMILES string of the molecule is COC(=O)C1CCCN(S(=O)(=O)c2cccnc2Cl)C1. The van der Waals surface area contributed by atoms with Gasteiger partial charge in [-0.05, 0) is 25.0 Å². The molecule has 0 spiro atoms. The number of esters is 1. The Morgan fingerprint density at radius 1 is 1.55 bits per heavy atom. The molecule has 0 N–H and O–H groups in total. The molecule has 1 aliphatic heterocycles. The van der Waals surface area contributed by atoms with Gasteiger partial charge in [-0.25, -0.2) is 13.4 Å². The van der Waals surface area contributed by atoms with Crippen LogP contribution in [0.15, 0.2) is 23.2 Å². The smallest absolute Gasteiger partial charge is 0.309 e. The first-order valence-electron chi connectivity index (χ1n) is 6.15. The summed E-state index contributed by atoms with van der Waals surface area (Å²) >= 11 is 5.85. The van der Waals surface area contributed by atoms with Crippen LogP contribution in [-0.2, 0) is 19.6 Å². The van der Waals surface area contributed by atoms with Crippen LogP contribution in [-0.4, -0.2) is 43.9 Å². The van der Waals surface area contributed by atoms with Gasteiger partial charge in [0.1, 0.15) is 10.0 Å². The second-order valence-electron chi connectivity index (χ2n) is 4.52. The third-order valence-electron chi connectivity index (χ3n) is 3.26. The van der Waals surface area contributed by atoms with E-state index in [2.05, 4.69) is 9.72 Å². The van der Waals surface area contributed by atoms with Gasteiger partial charge in [-0.15, -0.1) is 0 Å². The summed E-state index contributed by atoms with van der Waals surface area (Å²) in [5.74, 6) is -0.818. The number of ether oxygens (including phenoxy) is 1. The number of aromatic nitrogens is 1. The number of hydrogen-bond acceptors (Lipinski definition) is 5. The molecular formula is C12H15ClN2O4S. The van der Waals surface area contributed by atoms with Crippen LogP contribution in [0, 0.1) is 5.92 Å². The quantitative estimate of drug-likeness (QED) is 0.620. The van der Waals surface area contributed by atoms with Gasteiger partial charge in [0.25, 0.3) is 0 Å². The van der Waals surface area contributed by atoms with Gasteiger partial charge in [0.2, 0.25) is 10.0 Å². The Labute approximate surface area is 122 Å². The van der Waals surface area contributed by atoms with Gasteiger partial charge in [0.15, 0.2) is 0 Å². The lowest BCUT2D eigenvalue weighted by Crippen LogP contribution is -2.42. The second kappa shape index (κ2) is 6.07. The maximum Gasteiger partial charge on any atom is 0.309 e. The molecular weight excluding hydrogens is 304 g/mol. The molecule has 2 rings (SSSR count). The Balaban J connectivity index is 2.26. The molecule has 1 atom stereocenters. The molecule has 0 amide bonds. The Morgan fingerprint density at radius 2 is 2.30 bits per heavy atom. The van der Waals surface area contributed by atoms with Crippen molar-refractivity contribution in [1.82, 2.24) is 9.29 Å². The molecule has 0 saturated carbocycles. The van der Waals surface area contributed by atoms with E-state index in [4.69, 9.17) is 11.6 Å². The lowest BCUT2D eigenvalue weighted by Gasteiger charge is -2.30. The Hall–Kier alpha value is -1.18. The zero-order valence-electron chi connectivity index (χ0n) is 11.0. The van der Waals surface area contributed by atoms with E-state index in [0.29, 0.717) is 19.4 Å². The number of halogens is 1. The summed E-state index contributed by atoms with van der Waals surface area (Å²) in [5, 5.41) is -0.0623. The van der Waals surface area contributed by atoms with Gasteiger partial charge < -0.3 is 4.74 Å². The van der Waals surface area contributed by atoms with Crippen LogP contribution in [0.3, 0.4) is 0 Å². The van der Waals surface area contributed by atoms with Gasteiger partial charge in [-0.3, -0.25) is 4.79 Å². The first kappa shape index (κ1) is 15.2. The second-order valence-corrected chi connectivity index (χ2v) is 6.78. The van der Waals surface area contributed by atoms with Crippen molar-refractivity contribution in [3.63, 3.8) is 0 Å². The molecule has 0 aliphatic carbocycles. The molecule has 110 valence electrons. The van der Waals surface area contributed by atoms with Crippen molar-refractivity contribution in [2.75, 3.05) is 20.2 Å². The lowest BCUT2D eigenvalue weighted by molar-refractivity contribution is -0.146. The highest BCUT2D eigenvalue weighted by Crippen LogP contribution is 2.27.